The van der Waals surface area contributed by atoms with Crippen molar-refractivity contribution in [3.63, 3.8) is 0 Å². The molecule has 1 amide bonds. The summed E-state index contributed by atoms with van der Waals surface area (Å²) in [6.07, 6.45) is 2.36. The van der Waals surface area contributed by atoms with E-state index in [0.29, 0.717) is 6.41 Å². The predicted octanol–water partition coefficient (Wildman–Crippen LogP) is 0.774. The number of nitrogens with one attached hydrogen (secondary N) is 1. The Balaban J connectivity index is 2.53. The molecule has 5 heteroatoms. The van der Waals surface area contributed by atoms with Gasteiger partial charge < -0.3 is 5.73 Å². The topological polar surface area (TPSA) is 72.4 Å². The van der Waals surface area contributed by atoms with Crippen LogP contribution in [0.5, 0.6) is 0 Å². The third-order valence-corrected chi connectivity index (χ3v) is 2.31. The van der Waals surface area contributed by atoms with Gasteiger partial charge >= 0.3 is 0 Å². The van der Waals surface area contributed by atoms with E-state index in [0.717, 1.165) is 16.5 Å². The van der Waals surface area contributed by atoms with Crippen molar-refractivity contribution in [2.75, 3.05) is 0 Å². The maximum Gasteiger partial charge on any atom is 0.218 e. The number of nitrogens with two attached hydrogens (primary N) is 1. The Morgan fingerprint density at radius 3 is 3.00 bits per heavy atom. The highest BCUT2D eigenvalue weighted by atomic mass is 16.1. The van der Waals surface area contributed by atoms with Crippen molar-refractivity contribution in [3.05, 3.63) is 36.0 Å². The molecule has 0 bridgehead atoms. The number of nitrogens with zero attached hydrogens (tertiary/aromatic N) is 2. The lowest BCUT2D eigenvalue weighted by Gasteiger charge is -1.99. The number of amides is 1. The number of aryl methyl sites for hydroxylation is 1. The Morgan fingerprint density at radius 1 is 1.50 bits per heavy atom. The SMILES string of the molecule is Cc1cn(N=C(N)NC=O)c2ccccc12. The van der Waals surface area contributed by atoms with Gasteiger partial charge in [-0.05, 0) is 18.6 Å². The molecule has 1 aromatic heterocycles. The summed E-state index contributed by atoms with van der Waals surface area (Å²) in [6, 6.07) is 7.85. The van der Waals surface area contributed by atoms with Crippen LogP contribution in [0.2, 0.25) is 0 Å². The molecule has 0 radical (unpaired) electrons. The fourth-order valence-electron chi connectivity index (χ4n) is 1.62. The Bertz CT molecular complexity index is 556. The maximum absolute atomic E-state index is 10.2. The molecule has 0 atom stereocenters. The molecule has 1 heterocycles. The van der Waals surface area contributed by atoms with Crippen molar-refractivity contribution >= 4 is 23.3 Å². The van der Waals surface area contributed by atoms with Crippen LogP contribution in [0.1, 0.15) is 5.56 Å². The second kappa shape index (κ2) is 4.06. The maximum atomic E-state index is 10.2. The number of carbonyl (C=O) groups excluding carboxylic acids is 1. The standard InChI is InChI=1S/C11H12N4O/c1-8-6-15(14-11(12)13-7-16)10-5-3-2-4-9(8)10/h2-7H,1H3,(H3,12,13,14,16). The lowest BCUT2D eigenvalue weighted by molar-refractivity contribution is -0.108. The van der Waals surface area contributed by atoms with Crippen molar-refractivity contribution in [2.24, 2.45) is 10.8 Å². The minimum Gasteiger partial charge on any atom is -0.368 e. The van der Waals surface area contributed by atoms with Crippen LogP contribution in [0.25, 0.3) is 10.9 Å². The molecule has 3 N–H and O–H groups in total. The van der Waals surface area contributed by atoms with Gasteiger partial charge in [-0.15, -0.1) is 5.10 Å². The van der Waals surface area contributed by atoms with Crippen molar-refractivity contribution in [3.8, 4) is 0 Å². The van der Waals surface area contributed by atoms with Crippen molar-refractivity contribution in [1.29, 1.82) is 0 Å². The lowest BCUT2D eigenvalue weighted by atomic mass is 10.2. The van der Waals surface area contributed by atoms with Gasteiger partial charge in [0, 0.05) is 11.6 Å². The number of aromatic nitrogens is 1. The van der Waals surface area contributed by atoms with Gasteiger partial charge in [-0.1, -0.05) is 18.2 Å². The van der Waals surface area contributed by atoms with E-state index in [1.54, 1.807) is 4.68 Å². The molecule has 0 fully saturated rings. The average Bonchev–Trinajstić information content (AvgIpc) is 2.57. The van der Waals surface area contributed by atoms with Crippen LogP contribution in [-0.4, -0.2) is 17.0 Å². The van der Waals surface area contributed by atoms with Crippen LogP contribution in [0.3, 0.4) is 0 Å². The molecule has 1 aromatic carbocycles. The van der Waals surface area contributed by atoms with Crippen LogP contribution >= 0.6 is 0 Å². The molecule has 0 aliphatic carbocycles. The molecule has 5 nitrogen and oxygen atoms in total. The molecule has 82 valence electrons. The van der Waals surface area contributed by atoms with Crippen LogP contribution in [0.4, 0.5) is 0 Å². The first-order valence-corrected chi connectivity index (χ1v) is 4.83. The average molecular weight is 216 g/mol. The Kier molecular flexibility index (Phi) is 2.59. The quantitative estimate of drug-likeness (QED) is 0.442. The third kappa shape index (κ3) is 1.75. The van der Waals surface area contributed by atoms with E-state index < -0.39 is 0 Å². The Morgan fingerprint density at radius 2 is 2.25 bits per heavy atom. The summed E-state index contributed by atoms with van der Waals surface area (Å²) in [6.45, 7) is 2.00. The number of guanidine groups is 1. The van der Waals surface area contributed by atoms with Gasteiger partial charge in [0.2, 0.25) is 12.4 Å². The molecule has 0 saturated heterocycles. The molecule has 0 spiro atoms. The smallest absolute Gasteiger partial charge is 0.218 e. The number of hydrogen-bond acceptors (Lipinski definition) is 2. The van der Waals surface area contributed by atoms with Crippen LogP contribution in [-0.2, 0) is 4.79 Å². The zero-order chi connectivity index (χ0) is 11.5. The molecular weight excluding hydrogens is 204 g/mol. The van der Waals surface area contributed by atoms with Crippen molar-refractivity contribution in [1.82, 2.24) is 9.99 Å². The molecule has 0 aliphatic rings. The summed E-state index contributed by atoms with van der Waals surface area (Å²) >= 11 is 0. The highest BCUT2D eigenvalue weighted by Crippen LogP contribution is 2.19. The number of rotatable bonds is 2. The second-order valence-electron chi connectivity index (χ2n) is 3.42. The number of carbonyl (C=O) groups is 1. The number of para-hydroxylation sites is 1. The van der Waals surface area contributed by atoms with Gasteiger partial charge in [0.15, 0.2) is 0 Å². The van der Waals surface area contributed by atoms with Crippen molar-refractivity contribution < 1.29 is 4.79 Å². The minimum absolute atomic E-state index is 0.0655. The van der Waals surface area contributed by atoms with Gasteiger partial charge in [-0.3, -0.25) is 10.1 Å². The third-order valence-electron chi connectivity index (χ3n) is 2.31. The van der Waals surface area contributed by atoms with Crippen LogP contribution in [0.15, 0.2) is 35.6 Å². The summed E-state index contributed by atoms with van der Waals surface area (Å²) in [5, 5.41) is 7.48. The zero-order valence-electron chi connectivity index (χ0n) is 8.84. The summed E-state index contributed by atoms with van der Waals surface area (Å²) in [5.41, 5.74) is 7.57. The summed E-state index contributed by atoms with van der Waals surface area (Å²) in [4.78, 5) is 10.2. The molecule has 0 aliphatic heterocycles. The fraction of sp³-hybridized carbons (Fsp3) is 0.0909. The Hall–Kier alpha value is -2.30. The highest BCUT2D eigenvalue weighted by Gasteiger charge is 2.03. The summed E-state index contributed by atoms with van der Waals surface area (Å²) in [5.74, 6) is 0.0655. The van der Waals surface area contributed by atoms with E-state index in [-0.39, 0.29) is 5.96 Å². The van der Waals surface area contributed by atoms with E-state index in [1.165, 1.54) is 0 Å². The van der Waals surface area contributed by atoms with E-state index >= 15 is 0 Å². The van der Waals surface area contributed by atoms with E-state index in [2.05, 4.69) is 10.4 Å². The second-order valence-corrected chi connectivity index (χ2v) is 3.42. The normalized spacial score (nSPS) is 11.7. The van der Waals surface area contributed by atoms with Crippen LogP contribution in [0, 0.1) is 6.92 Å². The largest absolute Gasteiger partial charge is 0.368 e. The van der Waals surface area contributed by atoms with Gasteiger partial charge in [0.1, 0.15) is 0 Å². The minimum atomic E-state index is 0.0655. The fourth-order valence-corrected chi connectivity index (χ4v) is 1.62. The first-order chi connectivity index (χ1) is 7.72. The Labute approximate surface area is 92.5 Å². The number of hydrogen-bond donors (Lipinski definition) is 2. The number of fused-ring (bicyclic) bond motifs is 1. The van der Waals surface area contributed by atoms with Gasteiger partial charge in [-0.25, -0.2) is 4.68 Å². The summed E-state index contributed by atoms with van der Waals surface area (Å²) < 4.78 is 1.65. The van der Waals surface area contributed by atoms with E-state index in [4.69, 9.17) is 5.73 Å². The van der Waals surface area contributed by atoms with Gasteiger partial charge in [0.05, 0.1) is 5.52 Å². The molecule has 0 saturated carbocycles. The first kappa shape index (κ1) is 10.2. The summed E-state index contributed by atoms with van der Waals surface area (Å²) in [7, 11) is 0. The lowest BCUT2D eigenvalue weighted by Crippen LogP contribution is -2.30. The predicted molar refractivity (Wildman–Crippen MR) is 62.9 cm³/mol. The van der Waals surface area contributed by atoms with Gasteiger partial charge in [-0.2, -0.15) is 0 Å². The zero-order valence-corrected chi connectivity index (χ0v) is 8.84. The molecular formula is C11H12N4O. The monoisotopic (exact) mass is 216 g/mol. The molecule has 16 heavy (non-hydrogen) atoms. The van der Waals surface area contributed by atoms with E-state index in [9.17, 15) is 4.79 Å². The highest BCUT2D eigenvalue weighted by molar-refractivity contribution is 5.88. The molecule has 2 rings (SSSR count). The molecule has 2 aromatic rings. The van der Waals surface area contributed by atoms with Crippen LogP contribution < -0.4 is 11.1 Å². The molecule has 0 unspecified atom stereocenters. The van der Waals surface area contributed by atoms with Gasteiger partial charge in [0.25, 0.3) is 0 Å². The van der Waals surface area contributed by atoms with Crippen molar-refractivity contribution in [2.45, 2.75) is 6.92 Å². The first-order valence-electron chi connectivity index (χ1n) is 4.83. The van der Waals surface area contributed by atoms with E-state index in [1.807, 2.05) is 37.4 Å². The number of benzene rings is 1.